The number of fused-ring (bicyclic) bond motifs is 8. The Morgan fingerprint density at radius 1 is 1.02 bits per heavy atom. The van der Waals surface area contributed by atoms with Crippen molar-refractivity contribution in [3.63, 3.8) is 0 Å². The molecule has 2 fully saturated rings. The van der Waals surface area contributed by atoms with Crippen molar-refractivity contribution in [1.29, 1.82) is 0 Å². The van der Waals surface area contributed by atoms with Gasteiger partial charge >= 0.3 is 12.1 Å². The monoisotopic (exact) mass is 807 g/mol. The van der Waals surface area contributed by atoms with Crippen LogP contribution < -0.4 is 0 Å². The largest absolute Gasteiger partial charge is 0.462 e. The van der Waals surface area contributed by atoms with Gasteiger partial charge in [-0.1, -0.05) is 32.1 Å². The second-order valence-corrected chi connectivity index (χ2v) is 17.0. The summed E-state index contributed by atoms with van der Waals surface area (Å²) >= 11 is 1.45. The number of nitrogens with zero attached hydrogens (tertiary/aromatic N) is 1. The summed E-state index contributed by atoms with van der Waals surface area (Å²) in [6.45, 7) is 7.76. The fraction of sp³-hybridized carbons (Fsp3) is 0.690. The van der Waals surface area contributed by atoms with Crippen molar-refractivity contribution in [2.24, 2.45) is 23.7 Å². The van der Waals surface area contributed by atoms with E-state index in [4.69, 9.17) is 33.4 Å². The lowest BCUT2D eigenvalue weighted by Crippen LogP contribution is -2.43. The molecular weight excluding hydrogens is 752 g/mol. The summed E-state index contributed by atoms with van der Waals surface area (Å²) < 4.78 is 76.5. The molecule has 1 aromatic heterocycles. The third kappa shape index (κ3) is 8.96. The molecular formula is C42H56F3NO9S. The average molecular weight is 808 g/mol. The van der Waals surface area contributed by atoms with E-state index in [1.807, 2.05) is 26.8 Å². The number of aliphatic hydroxyl groups excluding tert-OH is 1. The van der Waals surface area contributed by atoms with Crippen LogP contribution in [0.2, 0.25) is 0 Å². The molecule has 2 unspecified atom stereocenters. The third-order valence-corrected chi connectivity index (χ3v) is 13.8. The lowest BCUT2D eigenvalue weighted by atomic mass is 9.67. The molecule has 1 aromatic carbocycles. The molecule has 2 aromatic rings. The molecule has 1 saturated carbocycles. The number of aromatic nitrogens is 1. The summed E-state index contributed by atoms with van der Waals surface area (Å²) in [5.74, 6) is -2.41. The number of ether oxygens (including phenoxy) is 6. The minimum Gasteiger partial charge on any atom is -0.462 e. The van der Waals surface area contributed by atoms with Crippen molar-refractivity contribution in [3.8, 4) is 10.6 Å². The van der Waals surface area contributed by atoms with Crippen LogP contribution >= 0.6 is 11.3 Å². The highest BCUT2D eigenvalue weighted by atomic mass is 32.1. The van der Waals surface area contributed by atoms with E-state index in [1.54, 1.807) is 28.3 Å². The number of methoxy groups -OCH3 is 3. The molecule has 4 aliphatic rings. The molecule has 1 saturated heterocycles. The van der Waals surface area contributed by atoms with Crippen LogP contribution in [0.25, 0.3) is 10.6 Å². The summed E-state index contributed by atoms with van der Waals surface area (Å²) in [4.78, 5) is 34.2. The predicted octanol–water partition coefficient (Wildman–Crippen LogP) is 7.87. The highest BCUT2D eigenvalue weighted by Gasteiger charge is 2.56. The van der Waals surface area contributed by atoms with Crippen molar-refractivity contribution < 1.29 is 56.3 Å². The molecule has 2 heterocycles. The van der Waals surface area contributed by atoms with E-state index < -0.39 is 42.1 Å². The van der Waals surface area contributed by atoms with Crippen LogP contribution in [0.1, 0.15) is 101 Å². The van der Waals surface area contributed by atoms with Crippen LogP contribution in [-0.4, -0.2) is 92.7 Å². The Hall–Kier alpha value is -2.72. The Bertz CT molecular complexity index is 1700. The molecule has 56 heavy (non-hydrogen) atoms. The van der Waals surface area contributed by atoms with E-state index in [-0.39, 0.29) is 72.9 Å². The van der Waals surface area contributed by atoms with Crippen LogP contribution in [0.5, 0.6) is 0 Å². The number of esters is 1. The maximum absolute atomic E-state index is 14.4. The van der Waals surface area contributed by atoms with Gasteiger partial charge < -0.3 is 33.5 Å². The molecule has 0 bridgehead atoms. The van der Waals surface area contributed by atoms with Crippen molar-refractivity contribution in [3.05, 3.63) is 52.0 Å². The Balaban J connectivity index is 1.41. The Kier molecular flexibility index (Phi) is 13.8. The number of thiazole rings is 1. The van der Waals surface area contributed by atoms with Gasteiger partial charge in [-0.25, -0.2) is 4.98 Å². The minimum atomic E-state index is -4.48. The van der Waals surface area contributed by atoms with Crippen LogP contribution in [0.15, 0.2) is 35.9 Å². The number of benzene rings is 1. The molecule has 0 spiro atoms. The topological polar surface area (TPSA) is 123 Å². The number of rotatable bonds is 12. The minimum absolute atomic E-state index is 0.0130. The maximum atomic E-state index is 14.4. The first kappa shape index (κ1) is 42.9. The second kappa shape index (κ2) is 18.0. The zero-order valence-corrected chi connectivity index (χ0v) is 34.1. The number of cyclic esters (lactones) is 1. The summed E-state index contributed by atoms with van der Waals surface area (Å²) in [6, 6.07) is 5.01. The van der Waals surface area contributed by atoms with Gasteiger partial charge in [0.25, 0.3) is 0 Å². The summed E-state index contributed by atoms with van der Waals surface area (Å²) in [5.41, 5.74) is 1.08. The molecule has 1 N–H and O–H groups in total. The molecule has 10 nitrogen and oxygen atoms in total. The highest BCUT2D eigenvalue weighted by Crippen LogP contribution is 2.63. The van der Waals surface area contributed by atoms with E-state index in [2.05, 4.69) is 0 Å². The van der Waals surface area contributed by atoms with E-state index in [0.29, 0.717) is 54.7 Å². The quantitative estimate of drug-likeness (QED) is 0.168. The zero-order chi connectivity index (χ0) is 40.5. The van der Waals surface area contributed by atoms with Crippen molar-refractivity contribution in [1.82, 2.24) is 4.98 Å². The second-order valence-electron chi connectivity index (χ2n) is 15.9. The molecule has 0 radical (unpaired) electrons. The molecule has 3 aliphatic carbocycles. The average Bonchev–Trinajstić information content (AvgIpc) is 3.90. The number of halogens is 3. The van der Waals surface area contributed by atoms with Crippen LogP contribution in [0.4, 0.5) is 13.2 Å². The Morgan fingerprint density at radius 2 is 1.75 bits per heavy atom. The first-order valence-electron chi connectivity index (χ1n) is 19.9. The predicted molar refractivity (Wildman–Crippen MR) is 203 cm³/mol. The van der Waals surface area contributed by atoms with Crippen molar-refractivity contribution in [2.45, 2.75) is 134 Å². The number of carbonyl (C=O) groups is 2. The van der Waals surface area contributed by atoms with Gasteiger partial charge in [0, 0.05) is 55.4 Å². The number of ketones is 1. The van der Waals surface area contributed by atoms with Gasteiger partial charge in [-0.15, -0.1) is 11.3 Å². The number of aliphatic hydroxyl groups is 1. The molecule has 0 amide bonds. The van der Waals surface area contributed by atoms with Crippen LogP contribution in [-0.2, 0) is 44.2 Å². The van der Waals surface area contributed by atoms with Crippen LogP contribution in [0, 0.1) is 23.7 Å². The Labute approximate surface area is 331 Å². The van der Waals surface area contributed by atoms with Gasteiger partial charge in [0.2, 0.25) is 0 Å². The lowest BCUT2D eigenvalue weighted by molar-refractivity contribution is -0.255. The van der Waals surface area contributed by atoms with E-state index in [1.165, 1.54) is 23.5 Å². The number of hydrogen-bond acceptors (Lipinski definition) is 11. The number of Topliss-reactive ketones (excluding diaryl/α,β-unsaturated/α-hetero) is 1. The normalized spacial score (nSPS) is 31.8. The fourth-order valence-corrected chi connectivity index (χ4v) is 10.4. The summed E-state index contributed by atoms with van der Waals surface area (Å²) in [7, 11) is 4.78. The van der Waals surface area contributed by atoms with Crippen LogP contribution in [0.3, 0.4) is 0 Å². The fourth-order valence-electron chi connectivity index (χ4n) is 9.13. The SMILES string of the molecule is CC[C@H]1CCC[C@H](O)[C@@H](C)C(=O)C2=C[C@H]3[C@@H]4C[C@H](OC(OC(C)[C@@H](C)OC)[C@H](COC)OC)C[C@H]4c4sc(-c5ccc(C(F)(F)F)cc5)nc4[C@H]3[C@@H]2CC(=O)O1. The van der Waals surface area contributed by atoms with E-state index >= 15 is 0 Å². The lowest BCUT2D eigenvalue weighted by Gasteiger charge is -2.37. The number of allylic oxidation sites excluding steroid dienone is 2. The molecule has 6 rings (SSSR count). The van der Waals surface area contributed by atoms with Gasteiger partial charge in [0.1, 0.15) is 17.2 Å². The van der Waals surface area contributed by atoms with Gasteiger partial charge in [0.05, 0.1) is 48.7 Å². The zero-order valence-electron chi connectivity index (χ0n) is 33.3. The molecule has 13 atom stereocenters. The van der Waals surface area contributed by atoms with E-state index in [9.17, 15) is 27.9 Å². The van der Waals surface area contributed by atoms with Gasteiger partial charge in [0.15, 0.2) is 12.1 Å². The maximum Gasteiger partial charge on any atom is 0.416 e. The molecule has 1 aliphatic heterocycles. The van der Waals surface area contributed by atoms with Gasteiger partial charge in [-0.2, -0.15) is 13.2 Å². The van der Waals surface area contributed by atoms with Gasteiger partial charge in [-0.3, -0.25) is 9.59 Å². The Morgan fingerprint density at radius 3 is 2.39 bits per heavy atom. The number of hydrogen-bond donors (Lipinski definition) is 1. The first-order chi connectivity index (χ1) is 26.7. The summed E-state index contributed by atoms with van der Waals surface area (Å²) in [6.07, 6.45) is -2.33. The third-order valence-electron chi connectivity index (χ3n) is 12.6. The molecule has 14 heteroatoms. The summed E-state index contributed by atoms with van der Waals surface area (Å²) in [5, 5.41) is 11.7. The number of carbonyl (C=O) groups excluding carboxylic acids is 2. The molecule has 310 valence electrons. The highest BCUT2D eigenvalue weighted by molar-refractivity contribution is 7.15. The smallest absolute Gasteiger partial charge is 0.416 e. The van der Waals surface area contributed by atoms with E-state index in [0.717, 1.165) is 22.7 Å². The number of alkyl halides is 3. The van der Waals surface area contributed by atoms with Gasteiger partial charge in [-0.05, 0) is 81.9 Å². The standard InChI is InChI=1S/C42H56F3NO9S/c1-8-26-10-9-11-33(47)21(2)38(49)31-18-29-28-16-27(55-41(34(52-7)20-50-5)53-23(4)22(3)51-6)17-32(28)39-37(36(29)30(31)19-35(48)54-26)46-40(56-39)24-12-14-25(15-13-24)42(43,44)45/h12-15,18,21-23,26-30,32-34,36,41,47H,8-11,16-17,19-20H2,1-7H3/t21-,22-,23?,26+,27+,28+,29+,30-,32-,33+,34+,36-,41?/m1/s1. The van der Waals surface area contributed by atoms with Crippen molar-refractivity contribution in [2.75, 3.05) is 27.9 Å². The first-order valence-corrected chi connectivity index (χ1v) is 20.7. The van der Waals surface area contributed by atoms with Crippen molar-refractivity contribution >= 4 is 23.1 Å².